The van der Waals surface area contributed by atoms with Crippen molar-refractivity contribution in [3.63, 3.8) is 0 Å². The molecule has 0 fully saturated rings. The largest absolute Gasteiger partial charge is 0.392 e. The standard InChI is InChI=1S/C11H13ClN2O/c12-9-3-1-2-8(6-9)11-7-10(4-5-13)15-14-11/h1-3,6,10H,4-5,7,13H2. The van der Waals surface area contributed by atoms with Crippen molar-refractivity contribution in [3.8, 4) is 0 Å². The predicted octanol–water partition coefficient (Wildman–Crippen LogP) is 2.18. The highest BCUT2D eigenvalue weighted by Gasteiger charge is 2.21. The minimum atomic E-state index is 0.129. The Kier molecular flexibility index (Phi) is 3.23. The van der Waals surface area contributed by atoms with Gasteiger partial charge in [0.15, 0.2) is 0 Å². The lowest BCUT2D eigenvalue weighted by Gasteiger charge is -2.04. The zero-order valence-electron chi connectivity index (χ0n) is 8.32. The van der Waals surface area contributed by atoms with Crippen LogP contribution in [0.3, 0.4) is 0 Å². The van der Waals surface area contributed by atoms with Gasteiger partial charge in [0, 0.05) is 17.0 Å². The Morgan fingerprint density at radius 3 is 3.13 bits per heavy atom. The van der Waals surface area contributed by atoms with Crippen molar-refractivity contribution in [2.24, 2.45) is 10.9 Å². The molecule has 15 heavy (non-hydrogen) atoms. The molecule has 1 unspecified atom stereocenters. The molecule has 1 atom stereocenters. The van der Waals surface area contributed by atoms with Crippen LogP contribution in [-0.4, -0.2) is 18.4 Å². The fourth-order valence-electron chi connectivity index (χ4n) is 1.61. The van der Waals surface area contributed by atoms with E-state index in [0.29, 0.717) is 6.54 Å². The van der Waals surface area contributed by atoms with Gasteiger partial charge in [-0.15, -0.1) is 0 Å². The third-order valence-electron chi connectivity index (χ3n) is 2.38. The lowest BCUT2D eigenvalue weighted by molar-refractivity contribution is 0.0810. The van der Waals surface area contributed by atoms with E-state index in [1.165, 1.54) is 0 Å². The molecule has 80 valence electrons. The molecule has 0 aromatic heterocycles. The zero-order valence-corrected chi connectivity index (χ0v) is 9.07. The van der Waals surface area contributed by atoms with Crippen LogP contribution < -0.4 is 5.73 Å². The third kappa shape index (κ3) is 2.49. The van der Waals surface area contributed by atoms with E-state index in [2.05, 4.69) is 5.16 Å². The molecule has 0 radical (unpaired) electrons. The first-order chi connectivity index (χ1) is 7.29. The number of rotatable bonds is 3. The second-order valence-electron chi connectivity index (χ2n) is 3.56. The molecule has 1 aliphatic rings. The van der Waals surface area contributed by atoms with Gasteiger partial charge in [0.05, 0.1) is 5.71 Å². The van der Waals surface area contributed by atoms with Crippen molar-refractivity contribution in [1.29, 1.82) is 0 Å². The molecule has 2 rings (SSSR count). The van der Waals surface area contributed by atoms with Gasteiger partial charge in [-0.3, -0.25) is 0 Å². The van der Waals surface area contributed by atoms with Crippen LogP contribution in [0.25, 0.3) is 0 Å². The Morgan fingerprint density at radius 1 is 1.53 bits per heavy atom. The Morgan fingerprint density at radius 2 is 2.40 bits per heavy atom. The van der Waals surface area contributed by atoms with E-state index in [1.807, 2.05) is 24.3 Å². The summed E-state index contributed by atoms with van der Waals surface area (Å²) in [5.74, 6) is 0. The van der Waals surface area contributed by atoms with Gasteiger partial charge >= 0.3 is 0 Å². The maximum Gasteiger partial charge on any atom is 0.134 e. The Balaban J connectivity index is 2.07. The Labute approximate surface area is 93.9 Å². The van der Waals surface area contributed by atoms with Crippen LogP contribution >= 0.6 is 11.6 Å². The Bertz CT molecular complexity index is 379. The van der Waals surface area contributed by atoms with E-state index >= 15 is 0 Å². The van der Waals surface area contributed by atoms with Crippen LogP contribution in [0, 0.1) is 0 Å². The van der Waals surface area contributed by atoms with Crippen LogP contribution in [0.2, 0.25) is 5.02 Å². The van der Waals surface area contributed by atoms with Crippen molar-refractivity contribution < 1.29 is 4.84 Å². The molecular formula is C11H13ClN2O. The topological polar surface area (TPSA) is 47.6 Å². The molecule has 4 heteroatoms. The fraction of sp³-hybridized carbons (Fsp3) is 0.364. The van der Waals surface area contributed by atoms with Gasteiger partial charge in [-0.1, -0.05) is 28.9 Å². The maximum absolute atomic E-state index is 5.91. The highest BCUT2D eigenvalue weighted by atomic mass is 35.5. The molecule has 1 aromatic carbocycles. The van der Waals surface area contributed by atoms with E-state index in [9.17, 15) is 0 Å². The number of hydrogen-bond donors (Lipinski definition) is 1. The Hall–Kier alpha value is -1.06. The maximum atomic E-state index is 5.91. The van der Waals surface area contributed by atoms with Crippen LogP contribution in [0.15, 0.2) is 29.4 Å². The SMILES string of the molecule is NCCC1CC(c2cccc(Cl)c2)=NO1. The summed E-state index contributed by atoms with van der Waals surface area (Å²) in [7, 11) is 0. The van der Waals surface area contributed by atoms with Crippen LogP contribution in [0.1, 0.15) is 18.4 Å². The van der Waals surface area contributed by atoms with Gasteiger partial charge in [-0.2, -0.15) is 0 Å². The van der Waals surface area contributed by atoms with Gasteiger partial charge in [0.2, 0.25) is 0 Å². The van der Waals surface area contributed by atoms with Crippen molar-refractivity contribution in [2.45, 2.75) is 18.9 Å². The molecular weight excluding hydrogens is 212 g/mol. The number of halogens is 1. The number of nitrogens with two attached hydrogens (primary N) is 1. The van der Waals surface area contributed by atoms with Gasteiger partial charge in [0.25, 0.3) is 0 Å². The highest BCUT2D eigenvalue weighted by molar-refractivity contribution is 6.31. The lowest BCUT2D eigenvalue weighted by atomic mass is 10.0. The van der Waals surface area contributed by atoms with E-state index < -0.39 is 0 Å². The summed E-state index contributed by atoms with van der Waals surface area (Å²) in [4.78, 5) is 5.27. The monoisotopic (exact) mass is 224 g/mol. The molecule has 1 aromatic rings. The summed E-state index contributed by atoms with van der Waals surface area (Å²) >= 11 is 5.91. The summed E-state index contributed by atoms with van der Waals surface area (Å²) in [5.41, 5.74) is 7.45. The number of nitrogens with zero attached hydrogens (tertiary/aromatic N) is 1. The summed E-state index contributed by atoms with van der Waals surface area (Å²) < 4.78 is 0. The first-order valence-electron chi connectivity index (χ1n) is 4.98. The summed E-state index contributed by atoms with van der Waals surface area (Å²) in [6, 6.07) is 7.64. The first-order valence-corrected chi connectivity index (χ1v) is 5.36. The van der Waals surface area contributed by atoms with Crippen LogP contribution in [-0.2, 0) is 4.84 Å². The van der Waals surface area contributed by atoms with Crippen molar-refractivity contribution in [1.82, 2.24) is 0 Å². The molecule has 0 saturated heterocycles. The molecule has 1 aliphatic heterocycles. The molecule has 2 N–H and O–H groups in total. The minimum absolute atomic E-state index is 0.129. The van der Waals surface area contributed by atoms with E-state index in [4.69, 9.17) is 22.2 Å². The van der Waals surface area contributed by atoms with Crippen LogP contribution in [0.4, 0.5) is 0 Å². The first kappa shape index (κ1) is 10.5. The number of hydrogen-bond acceptors (Lipinski definition) is 3. The van der Waals surface area contributed by atoms with Gasteiger partial charge in [-0.25, -0.2) is 0 Å². The molecule has 1 heterocycles. The number of oxime groups is 1. The second-order valence-corrected chi connectivity index (χ2v) is 3.99. The van der Waals surface area contributed by atoms with Gasteiger partial charge in [-0.05, 0) is 25.1 Å². The summed E-state index contributed by atoms with van der Waals surface area (Å²) in [5, 5.41) is 4.77. The summed E-state index contributed by atoms with van der Waals surface area (Å²) in [6.07, 6.45) is 1.79. The van der Waals surface area contributed by atoms with Crippen molar-refractivity contribution >= 4 is 17.3 Å². The normalized spacial score (nSPS) is 19.9. The molecule has 0 aliphatic carbocycles. The van der Waals surface area contributed by atoms with E-state index in [-0.39, 0.29) is 6.10 Å². The highest BCUT2D eigenvalue weighted by Crippen LogP contribution is 2.20. The zero-order chi connectivity index (χ0) is 10.7. The van der Waals surface area contributed by atoms with Gasteiger partial charge < -0.3 is 10.6 Å². The lowest BCUT2D eigenvalue weighted by Crippen LogP contribution is -2.14. The molecule has 0 bridgehead atoms. The number of benzene rings is 1. The van der Waals surface area contributed by atoms with Crippen LogP contribution in [0.5, 0.6) is 0 Å². The quantitative estimate of drug-likeness (QED) is 0.856. The molecule has 0 spiro atoms. The van der Waals surface area contributed by atoms with Crippen molar-refractivity contribution in [2.75, 3.05) is 6.54 Å². The van der Waals surface area contributed by atoms with E-state index in [1.54, 1.807) is 0 Å². The van der Waals surface area contributed by atoms with Crippen molar-refractivity contribution in [3.05, 3.63) is 34.9 Å². The molecule has 0 amide bonds. The average molecular weight is 225 g/mol. The average Bonchev–Trinajstić information content (AvgIpc) is 2.67. The van der Waals surface area contributed by atoms with E-state index in [0.717, 1.165) is 29.1 Å². The van der Waals surface area contributed by atoms with Gasteiger partial charge in [0.1, 0.15) is 6.10 Å². The minimum Gasteiger partial charge on any atom is -0.392 e. The second kappa shape index (κ2) is 4.64. The molecule has 0 saturated carbocycles. The predicted molar refractivity (Wildman–Crippen MR) is 61.2 cm³/mol. The third-order valence-corrected chi connectivity index (χ3v) is 2.61. The molecule has 3 nitrogen and oxygen atoms in total. The fourth-order valence-corrected chi connectivity index (χ4v) is 1.80. The summed E-state index contributed by atoms with van der Waals surface area (Å²) in [6.45, 7) is 0.628. The smallest absolute Gasteiger partial charge is 0.134 e.